The Morgan fingerprint density at radius 1 is 0.543 bits per heavy atom. The molecule has 0 saturated carbocycles. The zero-order chi connectivity index (χ0) is 49.5. The van der Waals surface area contributed by atoms with Gasteiger partial charge in [-0.3, -0.25) is 32.8 Å². The van der Waals surface area contributed by atoms with Gasteiger partial charge in [-0.05, 0) is 47.6 Å². The minimum Gasteiger partial charge on any atom is -0.443 e. The van der Waals surface area contributed by atoms with Crippen LogP contribution in [0.2, 0.25) is 0 Å². The number of aryl methyl sites for hydroxylation is 1. The molecule has 8 aromatic rings. The van der Waals surface area contributed by atoms with Gasteiger partial charge in [-0.15, -0.1) is 0 Å². The molecule has 0 amide bonds. The van der Waals surface area contributed by atoms with Gasteiger partial charge in [0.15, 0.2) is 0 Å². The van der Waals surface area contributed by atoms with Crippen LogP contribution in [0.1, 0.15) is 111 Å². The van der Waals surface area contributed by atoms with Crippen molar-refractivity contribution in [1.29, 1.82) is 0 Å². The fourth-order valence-electron chi connectivity index (χ4n) is 7.25. The van der Waals surface area contributed by atoms with Crippen molar-refractivity contribution < 1.29 is 4.42 Å². The standard InChI is InChI=1S/C24H24N2O2.2C17H18N2O2/c1-2-3-4-11-16-22-19-25(17-20-12-7-5-8-13-20)24(28)26(23(22)27)18-21-14-9-6-10-15-21;1-2-3-9-15-10-14-12-19(17(20)18-16(14)21-15)11-13-7-5-4-6-8-13;1-2-3-4-8-11-15-13-19(17(21)18-16(15)20)12-14-9-6-5-7-10-14/h5-10,12-15,19H,2-4,17-18H2,1H3;4-8,10,12H,2-3,9,11H2,1H3;5-7,9-10,13H,2-4,12H2,1H3,(H,18,20,21). The molecule has 0 aliphatic heterocycles. The Bertz CT molecular complexity index is 3350. The molecule has 4 aromatic carbocycles. The van der Waals surface area contributed by atoms with E-state index in [-0.39, 0.29) is 23.5 Å². The summed E-state index contributed by atoms with van der Waals surface area (Å²) in [6, 6.07) is 40.8. The summed E-state index contributed by atoms with van der Waals surface area (Å²) in [5, 5.41) is 0.886. The molecule has 70 heavy (non-hydrogen) atoms. The summed E-state index contributed by atoms with van der Waals surface area (Å²) in [5.41, 5.74) is 3.35. The van der Waals surface area contributed by atoms with E-state index in [1.165, 1.54) is 15.3 Å². The second-order valence-corrected chi connectivity index (χ2v) is 16.8. The van der Waals surface area contributed by atoms with E-state index in [2.05, 4.69) is 54.4 Å². The minimum absolute atomic E-state index is 0.234. The van der Waals surface area contributed by atoms with Crippen LogP contribution < -0.4 is 28.2 Å². The molecule has 0 atom stereocenters. The van der Waals surface area contributed by atoms with E-state index < -0.39 is 11.2 Å². The van der Waals surface area contributed by atoms with Crippen LogP contribution in [0.5, 0.6) is 0 Å². The van der Waals surface area contributed by atoms with Crippen molar-refractivity contribution in [2.75, 3.05) is 0 Å². The Morgan fingerprint density at radius 2 is 1.01 bits per heavy atom. The summed E-state index contributed by atoms with van der Waals surface area (Å²) < 4.78 is 11.6. The molecule has 0 aliphatic rings. The molecule has 0 aliphatic carbocycles. The number of unbranched alkanes of at least 4 members (excludes halogenated alkanes) is 5. The maximum Gasteiger partial charge on any atom is 0.351 e. The number of hydrogen-bond acceptors (Lipinski definition) is 7. The van der Waals surface area contributed by atoms with Crippen molar-refractivity contribution >= 4 is 11.1 Å². The third-order valence-electron chi connectivity index (χ3n) is 11.1. The molecule has 1 N–H and O–H groups in total. The first-order chi connectivity index (χ1) is 34.1. The lowest BCUT2D eigenvalue weighted by molar-refractivity contribution is 0.525. The van der Waals surface area contributed by atoms with Crippen LogP contribution in [0.3, 0.4) is 0 Å². The lowest BCUT2D eigenvalue weighted by Gasteiger charge is -2.12. The number of fused-ring (bicyclic) bond motifs is 1. The van der Waals surface area contributed by atoms with Gasteiger partial charge >= 0.3 is 17.1 Å². The summed E-state index contributed by atoms with van der Waals surface area (Å²) in [7, 11) is 0. The Balaban J connectivity index is 0.000000175. The topological polar surface area (TPSA) is 147 Å². The van der Waals surface area contributed by atoms with Crippen LogP contribution >= 0.6 is 0 Å². The Labute approximate surface area is 408 Å². The Morgan fingerprint density at radius 3 is 1.54 bits per heavy atom. The first kappa shape index (κ1) is 51.2. The van der Waals surface area contributed by atoms with Gasteiger partial charge in [0.25, 0.3) is 11.1 Å². The van der Waals surface area contributed by atoms with Gasteiger partial charge in [0, 0.05) is 37.9 Å². The Hall–Kier alpha value is -8.22. The second kappa shape index (κ2) is 26.9. The fourth-order valence-corrected chi connectivity index (χ4v) is 7.25. The summed E-state index contributed by atoms with van der Waals surface area (Å²) in [5.74, 6) is 12.8. The number of aromatic amines is 1. The van der Waals surface area contributed by atoms with E-state index in [1.807, 2.05) is 134 Å². The number of aromatic nitrogens is 6. The third kappa shape index (κ3) is 15.4. The molecule has 0 fully saturated rings. The lowest BCUT2D eigenvalue weighted by atomic mass is 10.2. The summed E-state index contributed by atoms with van der Waals surface area (Å²) in [4.78, 5) is 67.9. The first-order valence-electron chi connectivity index (χ1n) is 24.0. The molecule has 358 valence electrons. The van der Waals surface area contributed by atoms with Crippen molar-refractivity contribution in [3.05, 3.63) is 237 Å². The van der Waals surface area contributed by atoms with Crippen LogP contribution in [0, 0.1) is 23.7 Å². The molecule has 0 bridgehead atoms. The monoisotopic (exact) mass is 936 g/mol. The van der Waals surface area contributed by atoms with Crippen molar-refractivity contribution in [2.45, 2.75) is 105 Å². The Kier molecular flexibility index (Phi) is 19.7. The maximum absolute atomic E-state index is 13.0. The van der Waals surface area contributed by atoms with Crippen LogP contribution in [0.25, 0.3) is 11.1 Å². The highest BCUT2D eigenvalue weighted by molar-refractivity contribution is 5.72. The number of hydrogen-bond donors (Lipinski definition) is 1. The average molecular weight is 937 g/mol. The summed E-state index contributed by atoms with van der Waals surface area (Å²) >= 11 is 0. The van der Waals surface area contributed by atoms with Crippen LogP contribution in [0.4, 0.5) is 0 Å². The van der Waals surface area contributed by atoms with Gasteiger partial charge in [-0.2, -0.15) is 4.98 Å². The van der Waals surface area contributed by atoms with E-state index in [1.54, 1.807) is 15.3 Å². The van der Waals surface area contributed by atoms with E-state index >= 15 is 0 Å². The number of furan rings is 1. The van der Waals surface area contributed by atoms with Crippen molar-refractivity contribution in [3.8, 4) is 23.7 Å². The summed E-state index contributed by atoms with van der Waals surface area (Å²) in [6.45, 7) is 7.92. The van der Waals surface area contributed by atoms with Gasteiger partial charge in [0.05, 0.1) is 31.6 Å². The average Bonchev–Trinajstić information content (AvgIpc) is 3.77. The first-order valence-corrected chi connectivity index (χ1v) is 24.0. The molecule has 4 heterocycles. The molecular formula is C58H60N6O6. The molecular weight excluding hydrogens is 877 g/mol. The highest BCUT2D eigenvalue weighted by Crippen LogP contribution is 2.18. The van der Waals surface area contributed by atoms with Gasteiger partial charge in [0.2, 0.25) is 5.71 Å². The zero-order valence-electron chi connectivity index (χ0n) is 40.2. The molecule has 4 aromatic heterocycles. The van der Waals surface area contributed by atoms with Gasteiger partial charge in [-0.25, -0.2) is 14.4 Å². The molecule has 0 unspecified atom stereocenters. The van der Waals surface area contributed by atoms with E-state index in [0.29, 0.717) is 36.5 Å². The predicted octanol–water partition coefficient (Wildman–Crippen LogP) is 9.16. The van der Waals surface area contributed by atoms with Crippen molar-refractivity contribution in [1.82, 2.24) is 28.2 Å². The van der Waals surface area contributed by atoms with Crippen LogP contribution in [-0.2, 0) is 32.6 Å². The van der Waals surface area contributed by atoms with Crippen LogP contribution in [-0.4, -0.2) is 28.2 Å². The SMILES string of the molecule is CCCCC#Cc1cn(Cc2ccccc2)c(=O)[nH]c1=O.CCCCC#Cc1cn(Cc2ccccc2)c(=O)n(Cc2ccccc2)c1=O.CCCCc1cc2cn(Cc3ccccc3)c(=O)nc2o1. The smallest absolute Gasteiger partial charge is 0.351 e. The molecule has 0 spiro atoms. The second-order valence-electron chi connectivity index (χ2n) is 16.8. The molecule has 12 heteroatoms. The number of nitrogens with one attached hydrogen (secondary N) is 1. The number of benzene rings is 4. The van der Waals surface area contributed by atoms with Crippen molar-refractivity contribution in [3.63, 3.8) is 0 Å². The highest BCUT2D eigenvalue weighted by Gasteiger charge is 2.12. The molecule has 12 nitrogen and oxygen atoms in total. The van der Waals surface area contributed by atoms with Crippen LogP contribution in [0.15, 0.2) is 174 Å². The summed E-state index contributed by atoms with van der Waals surface area (Å²) in [6.07, 6.45) is 13.7. The van der Waals surface area contributed by atoms with E-state index in [0.717, 1.165) is 91.2 Å². The van der Waals surface area contributed by atoms with E-state index in [4.69, 9.17) is 4.42 Å². The highest BCUT2D eigenvalue weighted by atomic mass is 16.3. The number of H-pyrrole nitrogens is 1. The normalized spacial score (nSPS) is 10.4. The zero-order valence-corrected chi connectivity index (χ0v) is 40.2. The van der Waals surface area contributed by atoms with Gasteiger partial charge in [-0.1, -0.05) is 185 Å². The third-order valence-corrected chi connectivity index (χ3v) is 11.1. The molecule has 8 rings (SSSR count). The minimum atomic E-state index is -0.423. The largest absolute Gasteiger partial charge is 0.443 e. The molecule has 0 radical (unpaired) electrons. The van der Waals surface area contributed by atoms with Gasteiger partial charge < -0.3 is 4.42 Å². The molecule has 0 saturated heterocycles. The maximum atomic E-state index is 13.0. The fraction of sp³-hybridized carbons (Fsp3) is 0.276. The number of rotatable bonds is 15. The lowest BCUT2D eigenvalue weighted by Crippen LogP contribution is -2.41. The van der Waals surface area contributed by atoms with Crippen molar-refractivity contribution in [2.24, 2.45) is 0 Å². The number of nitrogens with zero attached hydrogens (tertiary/aromatic N) is 5. The predicted molar refractivity (Wildman–Crippen MR) is 278 cm³/mol. The van der Waals surface area contributed by atoms with Gasteiger partial charge in [0.1, 0.15) is 16.9 Å². The van der Waals surface area contributed by atoms with E-state index in [9.17, 15) is 24.0 Å². The quantitative estimate of drug-likeness (QED) is 0.0797.